The van der Waals surface area contributed by atoms with E-state index in [0.29, 0.717) is 0 Å². The van der Waals surface area contributed by atoms with Gasteiger partial charge in [-0.3, -0.25) is 4.68 Å². The maximum absolute atomic E-state index is 8.91. The Morgan fingerprint density at radius 1 is 1.38 bits per heavy atom. The van der Waals surface area contributed by atoms with Crippen LogP contribution in [0.3, 0.4) is 0 Å². The minimum atomic E-state index is 0.0167. The van der Waals surface area contributed by atoms with Crippen molar-refractivity contribution in [3.8, 4) is 17.3 Å². The van der Waals surface area contributed by atoms with Crippen molar-refractivity contribution in [1.82, 2.24) is 24.7 Å². The Labute approximate surface area is 122 Å². The standard InChI is InChI=1S/C15H16N6/c1-10(6-16)5-11(2)21-8-12(7-20-21)14-13-3-4-17-15(13)19-9-18-14/h3-4,7-11H,5H2,1-2H3,(H,17,18,19). The third-order valence-electron chi connectivity index (χ3n) is 3.60. The molecule has 0 radical (unpaired) electrons. The molecule has 0 amide bonds. The van der Waals surface area contributed by atoms with Gasteiger partial charge in [0.25, 0.3) is 0 Å². The quantitative estimate of drug-likeness (QED) is 0.796. The van der Waals surface area contributed by atoms with Gasteiger partial charge in [-0.2, -0.15) is 10.4 Å². The highest BCUT2D eigenvalue weighted by Crippen LogP contribution is 2.25. The maximum atomic E-state index is 8.91. The minimum Gasteiger partial charge on any atom is -0.346 e. The summed E-state index contributed by atoms with van der Waals surface area (Å²) >= 11 is 0. The lowest BCUT2D eigenvalue weighted by Gasteiger charge is -2.12. The van der Waals surface area contributed by atoms with Gasteiger partial charge in [-0.05, 0) is 26.3 Å². The minimum absolute atomic E-state index is 0.0167. The van der Waals surface area contributed by atoms with Crippen molar-refractivity contribution in [2.75, 3.05) is 0 Å². The zero-order chi connectivity index (χ0) is 14.8. The number of nitriles is 1. The van der Waals surface area contributed by atoms with Gasteiger partial charge in [0, 0.05) is 29.3 Å². The van der Waals surface area contributed by atoms with Crippen LogP contribution < -0.4 is 0 Å². The van der Waals surface area contributed by atoms with Gasteiger partial charge in [0.05, 0.1) is 24.0 Å². The van der Waals surface area contributed by atoms with E-state index in [1.165, 1.54) is 0 Å². The fraction of sp³-hybridized carbons (Fsp3) is 0.333. The molecule has 3 aromatic rings. The first kappa shape index (κ1) is 13.3. The Hall–Kier alpha value is -2.68. The van der Waals surface area contributed by atoms with Gasteiger partial charge >= 0.3 is 0 Å². The van der Waals surface area contributed by atoms with E-state index in [-0.39, 0.29) is 12.0 Å². The van der Waals surface area contributed by atoms with Crippen LogP contribution >= 0.6 is 0 Å². The first-order chi connectivity index (χ1) is 10.2. The summed E-state index contributed by atoms with van der Waals surface area (Å²) in [6.07, 6.45) is 7.96. The lowest BCUT2D eigenvalue weighted by atomic mass is 10.1. The Bertz CT molecular complexity index is 794. The van der Waals surface area contributed by atoms with Gasteiger partial charge in [-0.1, -0.05) is 0 Å². The molecular formula is C15H16N6. The molecule has 3 rings (SSSR count). The van der Waals surface area contributed by atoms with Crippen molar-refractivity contribution in [2.24, 2.45) is 5.92 Å². The zero-order valence-electron chi connectivity index (χ0n) is 12.0. The second-order valence-electron chi connectivity index (χ2n) is 5.29. The molecule has 0 saturated carbocycles. The van der Waals surface area contributed by atoms with Crippen LogP contribution in [0.2, 0.25) is 0 Å². The molecule has 1 N–H and O–H groups in total. The molecule has 106 valence electrons. The van der Waals surface area contributed by atoms with E-state index in [2.05, 4.69) is 33.0 Å². The van der Waals surface area contributed by atoms with Crippen LogP contribution in [0.1, 0.15) is 26.3 Å². The monoisotopic (exact) mass is 280 g/mol. The number of rotatable bonds is 4. The van der Waals surface area contributed by atoms with Crippen molar-refractivity contribution in [1.29, 1.82) is 5.26 Å². The summed E-state index contributed by atoms with van der Waals surface area (Å²) in [6, 6.07) is 4.40. The van der Waals surface area contributed by atoms with Crippen LogP contribution in [0, 0.1) is 17.2 Å². The van der Waals surface area contributed by atoms with Gasteiger partial charge in [0.2, 0.25) is 0 Å². The third kappa shape index (κ3) is 2.50. The average molecular weight is 280 g/mol. The van der Waals surface area contributed by atoms with Crippen LogP contribution in [0.5, 0.6) is 0 Å². The highest BCUT2D eigenvalue weighted by atomic mass is 15.3. The fourth-order valence-electron chi connectivity index (χ4n) is 2.48. The van der Waals surface area contributed by atoms with Crippen molar-refractivity contribution in [3.05, 3.63) is 31.0 Å². The maximum Gasteiger partial charge on any atom is 0.141 e. The lowest BCUT2D eigenvalue weighted by Crippen LogP contribution is -2.08. The second kappa shape index (κ2) is 5.37. The van der Waals surface area contributed by atoms with E-state index < -0.39 is 0 Å². The lowest BCUT2D eigenvalue weighted by molar-refractivity contribution is 0.421. The summed E-state index contributed by atoms with van der Waals surface area (Å²) in [5.41, 5.74) is 2.64. The number of H-pyrrole nitrogens is 1. The number of hydrogen-bond donors (Lipinski definition) is 1. The normalized spacial score (nSPS) is 14.0. The summed E-state index contributed by atoms with van der Waals surface area (Å²) in [4.78, 5) is 11.6. The topological polar surface area (TPSA) is 83.2 Å². The van der Waals surface area contributed by atoms with Crippen LogP contribution in [0.4, 0.5) is 0 Å². The van der Waals surface area contributed by atoms with E-state index in [1.54, 1.807) is 6.33 Å². The van der Waals surface area contributed by atoms with Crippen molar-refractivity contribution in [2.45, 2.75) is 26.3 Å². The van der Waals surface area contributed by atoms with E-state index in [0.717, 1.165) is 28.7 Å². The van der Waals surface area contributed by atoms with Gasteiger partial charge in [0.15, 0.2) is 0 Å². The van der Waals surface area contributed by atoms with Gasteiger partial charge in [-0.15, -0.1) is 0 Å². The first-order valence-corrected chi connectivity index (χ1v) is 6.91. The zero-order valence-corrected chi connectivity index (χ0v) is 12.0. The van der Waals surface area contributed by atoms with E-state index in [4.69, 9.17) is 5.26 Å². The molecule has 0 saturated heterocycles. The van der Waals surface area contributed by atoms with Crippen molar-refractivity contribution >= 4 is 11.0 Å². The highest BCUT2D eigenvalue weighted by Gasteiger charge is 2.14. The number of hydrogen-bond acceptors (Lipinski definition) is 4. The summed E-state index contributed by atoms with van der Waals surface area (Å²) in [5, 5.41) is 14.3. The van der Waals surface area contributed by atoms with Crippen LogP contribution in [-0.2, 0) is 0 Å². The molecule has 6 nitrogen and oxygen atoms in total. The smallest absolute Gasteiger partial charge is 0.141 e. The summed E-state index contributed by atoms with van der Waals surface area (Å²) < 4.78 is 1.89. The van der Waals surface area contributed by atoms with Crippen molar-refractivity contribution < 1.29 is 0 Å². The predicted molar refractivity (Wildman–Crippen MR) is 79.2 cm³/mol. The van der Waals surface area contributed by atoms with Crippen LogP contribution in [0.15, 0.2) is 31.0 Å². The molecular weight excluding hydrogens is 264 g/mol. The molecule has 3 heterocycles. The molecule has 0 aliphatic carbocycles. The highest BCUT2D eigenvalue weighted by molar-refractivity contribution is 5.89. The molecule has 0 aliphatic rings. The summed E-state index contributed by atoms with van der Waals surface area (Å²) in [7, 11) is 0. The number of aromatic nitrogens is 5. The second-order valence-corrected chi connectivity index (χ2v) is 5.29. The molecule has 3 aromatic heterocycles. The Morgan fingerprint density at radius 2 is 2.24 bits per heavy atom. The molecule has 2 unspecified atom stereocenters. The number of nitrogens with one attached hydrogen (secondary N) is 1. The largest absolute Gasteiger partial charge is 0.346 e. The molecule has 0 aliphatic heterocycles. The molecule has 0 fully saturated rings. The van der Waals surface area contributed by atoms with Crippen molar-refractivity contribution in [3.63, 3.8) is 0 Å². The van der Waals surface area contributed by atoms with E-state index in [1.807, 2.05) is 36.3 Å². The molecule has 0 spiro atoms. The molecule has 0 aromatic carbocycles. The van der Waals surface area contributed by atoms with E-state index in [9.17, 15) is 0 Å². The molecule has 21 heavy (non-hydrogen) atoms. The molecule has 6 heteroatoms. The third-order valence-corrected chi connectivity index (χ3v) is 3.60. The van der Waals surface area contributed by atoms with Gasteiger partial charge in [-0.25, -0.2) is 9.97 Å². The van der Waals surface area contributed by atoms with Crippen LogP contribution in [-0.4, -0.2) is 24.7 Å². The number of aromatic amines is 1. The first-order valence-electron chi connectivity index (χ1n) is 6.91. The number of nitrogens with zero attached hydrogens (tertiary/aromatic N) is 5. The van der Waals surface area contributed by atoms with Gasteiger partial charge < -0.3 is 4.98 Å². The Morgan fingerprint density at radius 3 is 3.05 bits per heavy atom. The fourth-order valence-corrected chi connectivity index (χ4v) is 2.48. The summed E-state index contributed by atoms with van der Waals surface area (Å²) in [5.74, 6) is 0.0167. The van der Waals surface area contributed by atoms with E-state index >= 15 is 0 Å². The van der Waals surface area contributed by atoms with Crippen LogP contribution in [0.25, 0.3) is 22.3 Å². The Kier molecular flexibility index (Phi) is 3.40. The summed E-state index contributed by atoms with van der Waals surface area (Å²) in [6.45, 7) is 3.99. The average Bonchev–Trinajstić information content (AvgIpc) is 3.15. The predicted octanol–water partition coefficient (Wildman–Crippen LogP) is 2.93. The Balaban J connectivity index is 1.92. The van der Waals surface area contributed by atoms with Gasteiger partial charge in [0.1, 0.15) is 12.0 Å². The number of fused-ring (bicyclic) bond motifs is 1. The SMILES string of the molecule is CC(C#N)CC(C)n1cc(-c2ncnc3[nH]ccc23)cn1. The molecule has 0 bridgehead atoms. The molecule has 2 atom stereocenters.